The molecule has 0 saturated heterocycles. The van der Waals surface area contributed by atoms with Gasteiger partial charge in [-0.15, -0.1) is 0 Å². The number of amides is 1. The Morgan fingerprint density at radius 3 is 2.82 bits per heavy atom. The number of hydrogen-bond donors (Lipinski definition) is 2. The first-order valence-electron chi connectivity index (χ1n) is 7.38. The molecular formula is C18H20N2O2. The first-order valence-corrected chi connectivity index (χ1v) is 7.38. The Balaban J connectivity index is 1.97. The van der Waals surface area contributed by atoms with Gasteiger partial charge >= 0.3 is 0 Å². The number of aliphatic hydroxyl groups is 1. The first kappa shape index (κ1) is 15.9. The van der Waals surface area contributed by atoms with Gasteiger partial charge in [0.05, 0.1) is 5.69 Å². The lowest BCUT2D eigenvalue weighted by molar-refractivity contribution is 0.0952. The fraction of sp³-hybridized carbons (Fsp3) is 0.222. The summed E-state index contributed by atoms with van der Waals surface area (Å²) in [4.78, 5) is 16.2. The molecule has 0 saturated carbocycles. The smallest absolute Gasteiger partial charge is 0.251 e. The molecule has 2 N–H and O–H groups in total. The number of unbranched alkanes of at least 4 members (excludes halogenated alkanes) is 1. The number of aliphatic hydroxyl groups excluding tert-OH is 1. The number of pyridine rings is 1. The Bertz CT molecular complexity index is 624. The molecule has 2 rings (SSSR count). The molecule has 1 aromatic carbocycles. The van der Waals surface area contributed by atoms with E-state index in [9.17, 15) is 4.79 Å². The van der Waals surface area contributed by atoms with E-state index in [1.807, 2.05) is 48.6 Å². The molecule has 0 atom stereocenters. The quantitative estimate of drug-likeness (QED) is 0.772. The maximum Gasteiger partial charge on any atom is 0.251 e. The number of hydrogen-bond acceptors (Lipinski definition) is 3. The molecule has 22 heavy (non-hydrogen) atoms. The largest absolute Gasteiger partial charge is 0.396 e. The summed E-state index contributed by atoms with van der Waals surface area (Å²) in [7, 11) is 0. The third kappa shape index (κ3) is 5.14. The summed E-state index contributed by atoms with van der Waals surface area (Å²) < 4.78 is 0. The van der Waals surface area contributed by atoms with Gasteiger partial charge in [-0.1, -0.05) is 24.3 Å². The van der Waals surface area contributed by atoms with Gasteiger partial charge < -0.3 is 10.4 Å². The summed E-state index contributed by atoms with van der Waals surface area (Å²) >= 11 is 0. The second-order valence-electron chi connectivity index (χ2n) is 4.90. The van der Waals surface area contributed by atoms with Gasteiger partial charge in [0.1, 0.15) is 0 Å². The molecule has 0 aliphatic rings. The molecule has 0 aliphatic heterocycles. The summed E-state index contributed by atoms with van der Waals surface area (Å²) in [5.41, 5.74) is 2.46. The van der Waals surface area contributed by atoms with Crippen LogP contribution < -0.4 is 5.32 Å². The van der Waals surface area contributed by atoms with Crippen LogP contribution in [0.25, 0.3) is 12.2 Å². The van der Waals surface area contributed by atoms with Crippen molar-refractivity contribution in [3.8, 4) is 0 Å². The molecule has 1 aromatic heterocycles. The molecule has 0 radical (unpaired) electrons. The van der Waals surface area contributed by atoms with Crippen LogP contribution in [0.4, 0.5) is 0 Å². The predicted molar refractivity (Wildman–Crippen MR) is 88.3 cm³/mol. The highest BCUT2D eigenvalue weighted by Gasteiger charge is 2.04. The summed E-state index contributed by atoms with van der Waals surface area (Å²) in [5, 5.41) is 11.6. The van der Waals surface area contributed by atoms with Gasteiger partial charge in [0.25, 0.3) is 5.91 Å². The summed E-state index contributed by atoms with van der Waals surface area (Å²) in [5.74, 6) is -0.0916. The minimum atomic E-state index is -0.0916. The predicted octanol–water partition coefficient (Wildman–Crippen LogP) is 2.75. The fourth-order valence-corrected chi connectivity index (χ4v) is 1.98. The number of rotatable bonds is 7. The SMILES string of the molecule is O=C(NCCCCO)c1cccc(C=Cc2ccccn2)c1. The average Bonchev–Trinajstić information content (AvgIpc) is 2.58. The van der Waals surface area contributed by atoms with E-state index in [0.29, 0.717) is 18.5 Å². The lowest BCUT2D eigenvalue weighted by atomic mass is 10.1. The van der Waals surface area contributed by atoms with E-state index in [0.717, 1.165) is 17.7 Å². The van der Waals surface area contributed by atoms with Gasteiger partial charge in [0.2, 0.25) is 0 Å². The van der Waals surface area contributed by atoms with Crippen LogP contribution in [0, 0.1) is 0 Å². The normalized spacial score (nSPS) is 10.8. The van der Waals surface area contributed by atoms with Crippen molar-refractivity contribution in [2.45, 2.75) is 12.8 Å². The van der Waals surface area contributed by atoms with Crippen molar-refractivity contribution >= 4 is 18.1 Å². The third-order valence-electron chi connectivity index (χ3n) is 3.15. The second kappa shape index (κ2) is 8.74. The topological polar surface area (TPSA) is 62.2 Å². The van der Waals surface area contributed by atoms with Crippen molar-refractivity contribution in [2.24, 2.45) is 0 Å². The zero-order valence-electron chi connectivity index (χ0n) is 12.4. The molecule has 0 unspecified atom stereocenters. The third-order valence-corrected chi connectivity index (χ3v) is 3.15. The van der Waals surface area contributed by atoms with E-state index in [4.69, 9.17) is 5.11 Å². The van der Waals surface area contributed by atoms with Crippen LogP contribution in [0.3, 0.4) is 0 Å². The maximum atomic E-state index is 12.0. The van der Waals surface area contributed by atoms with Crippen molar-refractivity contribution < 1.29 is 9.90 Å². The lowest BCUT2D eigenvalue weighted by Crippen LogP contribution is -2.24. The molecule has 1 amide bonds. The van der Waals surface area contributed by atoms with Gasteiger partial charge in [-0.2, -0.15) is 0 Å². The Labute approximate surface area is 130 Å². The highest BCUT2D eigenvalue weighted by atomic mass is 16.2. The minimum Gasteiger partial charge on any atom is -0.396 e. The van der Waals surface area contributed by atoms with E-state index >= 15 is 0 Å². The van der Waals surface area contributed by atoms with E-state index in [1.165, 1.54) is 0 Å². The number of carbonyl (C=O) groups excluding carboxylic acids is 1. The van der Waals surface area contributed by atoms with Gasteiger partial charge in [-0.25, -0.2) is 0 Å². The van der Waals surface area contributed by atoms with Crippen LogP contribution in [-0.4, -0.2) is 29.1 Å². The lowest BCUT2D eigenvalue weighted by Gasteiger charge is -2.05. The monoisotopic (exact) mass is 296 g/mol. The van der Waals surface area contributed by atoms with Crippen molar-refractivity contribution in [3.63, 3.8) is 0 Å². The van der Waals surface area contributed by atoms with E-state index in [1.54, 1.807) is 12.3 Å². The van der Waals surface area contributed by atoms with Crippen LogP contribution in [0.15, 0.2) is 48.7 Å². The molecular weight excluding hydrogens is 276 g/mol. The second-order valence-corrected chi connectivity index (χ2v) is 4.90. The molecule has 114 valence electrons. The number of aromatic nitrogens is 1. The van der Waals surface area contributed by atoms with E-state index < -0.39 is 0 Å². The van der Waals surface area contributed by atoms with E-state index in [-0.39, 0.29) is 12.5 Å². The van der Waals surface area contributed by atoms with Crippen molar-refractivity contribution in [3.05, 3.63) is 65.5 Å². The number of benzene rings is 1. The molecule has 0 fully saturated rings. The van der Waals surface area contributed by atoms with Crippen molar-refractivity contribution in [1.82, 2.24) is 10.3 Å². The van der Waals surface area contributed by atoms with Crippen molar-refractivity contribution in [2.75, 3.05) is 13.2 Å². The Kier molecular flexibility index (Phi) is 6.33. The molecule has 0 spiro atoms. The highest BCUT2D eigenvalue weighted by molar-refractivity contribution is 5.94. The van der Waals surface area contributed by atoms with Gasteiger partial charge in [-0.3, -0.25) is 9.78 Å². The molecule has 0 bridgehead atoms. The standard InChI is InChI=1S/C18H20N2O2/c21-13-4-3-12-20-18(22)16-7-5-6-15(14-16)9-10-17-8-1-2-11-19-17/h1-2,5-11,14,21H,3-4,12-13H2,(H,20,22). The zero-order valence-corrected chi connectivity index (χ0v) is 12.4. The maximum absolute atomic E-state index is 12.0. The zero-order chi connectivity index (χ0) is 15.6. The number of carbonyl (C=O) groups is 1. The minimum absolute atomic E-state index is 0.0916. The number of nitrogens with one attached hydrogen (secondary N) is 1. The summed E-state index contributed by atoms with van der Waals surface area (Å²) in [6.45, 7) is 0.733. The molecule has 2 aromatic rings. The molecule has 4 heteroatoms. The average molecular weight is 296 g/mol. The molecule has 0 aliphatic carbocycles. The van der Waals surface area contributed by atoms with Crippen LogP contribution in [0.1, 0.15) is 34.5 Å². The highest BCUT2D eigenvalue weighted by Crippen LogP contribution is 2.09. The fourth-order valence-electron chi connectivity index (χ4n) is 1.98. The van der Waals surface area contributed by atoms with Gasteiger partial charge in [0.15, 0.2) is 0 Å². The van der Waals surface area contributed by atoms with Gasteiger partial charge in [0, 0.05) is 24.9 Å². The van der Waals surface area contributed by atoms with Crippen LogP contribution in [0.2, 0.25) is 0 Å². The first-order chi connectivity index (χ1) is 10.8. The summed E-state index contributed by atoms with van der Waals surface area (Å²) in [6, 6.07) is 13.2. The molecule has 1 heterocycles. The van der Waals surface area contributed by atoms with Crippen LogP contribution in [0.5, 0.6) is 0 Å². The van der Waals surface area contributed by atoms with Crippen LogP contribution in [-0.2, 0) is 0 Å². The van der Waals surface area contributed by atoms with Crippen LogP contribution >= 0.6 is 0 Å². The molecule has 4 nitrogen and oxygen atoms in total. The van der Waals surface area contributed by atoms with Crippen molar-refractivity contribution in [1.29, 1.82) is 0 Å². The Hall–Kier alpha value is -2.46. The van der Waals surface area contributed by atoms with E-state index in [2.05, 4.69) is 10.3 Å². The number of nitrogens with zero attached hydrogens (tertiary/aromatic N) is 1. The Morgan fingerprint density at radius 2 is 2.05 bits per heavy atom. The van der Waals surface area contributed by atoms with Gasteiger partial charge in [-0.05, 0) is 48.7 Å². The summed E-state index contributed by atoms with van der Waals surface area (Å²) in [6.07, 6.45) is 7.08. The Morgan fingerprint density at radius 1 is 1.14 bits per heavy atom.